The lowest BCUT2D eigenvalue weighted by atomic mass is 9.57. The van der Waals surface area contributed by atoms with Crippen molar-refractivity contribution in [2.75, 3.05) is 19.8 Å². The van der Waals surface area contributed by atoms with E-state index in [4.69, 9.17) is 9.47 Å². The summed E-state index contributed by atoms with van der Waals surface area (Å²) in [5.74, 6) is 1.36. The van der Waals surface area contributed by atoms with Gasteiger partial charge < -0.3 is 14.8 Å². The molecule has 3 aliphatic heterocycles. The molecule has 0 aromatic heterocycles. The fourth-order valence-corrected chi connectivity index (χ4v) is 7.75. The third-order valence-electron chi connectivity index (χ3n) is 10.6. The van der Waals surface area contributed by atoms with Gasteiger partial charge in [0, 0.05) is 38.7 Å². The van der Waals surface area contributed by atoms with Crippen molar-refractivity contribution in [2.45, 2.75) is 108 Å². The first-order chi connectivity index (χ1) is 22.4. The second-order valence-corrected chi connectivity index (χ2v) is 14.0. The number of amidine groups is 1. The Morgan fingerprint density at radius 3 is 2.59 bits per heavy atom. The van der Waals surface area contributed by atoms with E-state index in [0.29, 0.717) is 37.7 Å². The molecule has 0 radical (unpaired) electrons. The van der Waals surface area contributed by atoms with E-state index in [1.54, 1.807) is 18.3 Å². The fraction of sp³-hybridized carbons (Fsp3) is 0.579. The van der Waals surface area contributed by atoms with Crippen LogP contribution in [-0.2, 0) is 27.2 Å². The Morgan fingerprint density at radius 2 is 1.78 bits per heavy atom. The van der Waals surface area contributed by atoms with Crippen LogP contribution < -0.4 is 10.1 Å². The summed E-state index contributed by atoms with van der Waals surface area (Å²) >= 11 is 0. The van der Waals surface area contributed by atoms with Crippen LogP contribution in [-0.4, -0.2) is 55.6 Å². The molecule has 4 aliphatic rings. The van der Waals surface area contributed by atoms with Crippen molar-refractivity contribution in [1.29, 1.82) is 0 Å². The number of hydrogen-bond acceptors (Lipinski definition) is 6. The molecule has 2 aromatic rings. The van der Waals surface area contributed by atoms with Crippen LogP contribution in [0.4, 0.5) is 4.39 Å². The Balaban J connectivity index is 0.996. The van der Waals surface area contributed by atoms with Gasteiger partial charge in [-0.15, -0.1) is 0 Å². The van der Waals surface area contributed by atoms with Gasteiger partial charge in [-0.1, -0.05) is 31.2 Å². The molecule has 1 saturated carbocycles. The molecule has 46 heavy (non-hydrogen) atoms. The summed E-state index contributed by atoms with van der Waals surface area (Å²) < 4.78 is 25.0. The van der Waals surface area contributed by atoms with Crippen LogP contribution >= 0.6 is 0 Å². The highest BCUT2D eigenvalue weighted by Gasteiger charge is 2.44. The van der Waals surface area contributed by atoms with Gasteiger partial charge in [-0.05, 0) is 116 Å². The van der Waals surface area contributed by atoms with Gasteiger partial charge in [0.2, 0.25) is 5.84 Å². The van der Waals surface area contributed by atoms with E-state index in [0.717, 1.165) is 56.1 Å². The fourth-order valence-electron chi connectivity index (χ4n) is 7.75. The number of hydrogen-bond donors (Lipinski definition) is 1. The molecular formula is C38H48FN3O4. The quantitative estimate of drug-likeness (QED) is 0.325. The number of halogens is 1. The molecule has 3 atom stereocenters. The Hall–Kier alpha value is -3.39. The molecular weight excluding hydrogens is 581 g/mol. The maximum absolute atomic E-state index is 13.3. The van der Waals surface area contributed by atoms with E-state index in [-0.39, 0.29) is 29.4 Å². The van der Waals surface area contributed by atoms with Gasteiger partial charge in [0.25, 0.3) is 5.91 Å². The number of rotatable bonds is 9. The van der Waals surface area contributed by atoms with Crippen molar-refractivity contribution in [3.8, 4) is 5.75 Å². The number of fused-ring (bicyclic) bond motifs is 1. The molecule has 2 fully saturated rings. The normalized spacial score (nSPS) is 24.8. The summed E-state index contributed by atoms with van der Waals surface area (Å²) in [6.07, 6.45) is 13.8. The number of ether oxygens (including phenoxy) is 2. The van der Waals surface area contributed by atoms with Crippen molar-refractivity contribution < 1.29 is 23.5 Å². The van der Waals surface area contributed by atoms with Gasteiger partial charge in [0.15, 0.2) is 5.78 Å². The summed E-state index contributed by atoms with van der Waals surface area (Å²) in [5, 5.41) is 2.91. The van der Waals surface area contributed by atoms with Gasteiger partial charge >= 0.3 is 0 Å². The Kier molecular flexibility index (Phi) is 10.6. The number of nitrogens with zero attached hydrogens (tertiary/aromatic N) is 2. The van der Waals surface area contributed by atoms with Gasteiger partial charge in [0.05, 0.1) is 18.7 Å². The van der Waals surface area contributed by atoms with E-state index in [1.807, 2.05) is 0 Å². The number of carbonyl (C=O) groups excluding carboxylic acids is 2. The van der Waals surface area contributed by atoms with Crippen LogP contribution in [0.3, 0.4) is 0 Å². The zero-order valence-corrected chi connectivity index (χ0v) is 27.1. The van der Waals surface area contributed by atoms with E-state index in [1.165, 1.54) is 55.4 Å². The molecule has 1 N–H and O–H groups in total. The van der Waals surface area contributed by atoms with Crippen LogP contribution in [0, 0.1) is 17.2 Å². The van der Waals surface area contributed by atoms with Crippen molar-refractivity contribution in [2.24, 2.45) is 21.3 Å². The lowest BCUT2D eigenvalue weighted by Crippen LogP contribution is -2.45. The van der Waals surface area contributed by atoms with E-state index in [9.17, 15) is 14.0 Å². The Morgan fingerprint density at radius 1 is 1.00 bits per heavy atom. The number of aryl methyl sites for hydroxylation is 2. The maximum Gasteiger partial charge on any atom is 0.289 e. The molecule has 2 unspecified atom stereocenters. The second-order valence-electron chi connectivity index (χ2n) is 14.0. The third kappa shape index (κ3) is 8.30. The number of aliphatic imine (C=N–C) groups is 2. The molecule has 0 bridgehead atoms. The number of carbonyl (C=O) groups is 2. The Labute approximate surface area is 272 Å². The summed E-state index contributed by atoms with van der Waals surface area (Å²) in [4.78, 5) is 35.3. The molecule has 1 amide bonds. The van der Waals surface area contributed by atoms with Gasteiger partial charge in [-0.3, -0.25) is 14.6 Å². The SMILES string of the molecule is CC1CCC(=O)[C@@H](NC(=O)C2=NC(CCCc3ccc(F)cc3)CC=N2)CCOc2ccc(CCC3CC4(CCOCC4)C3)cc21. The highest BCUT2D eigenvalue weighted by atomic mass is 19.1. The molecule has 3 heterocycles. The topological polar surface area (TPSA) is 89.4 Å². The smallest absolute Gasteiger partial charge is 0.289 e. The van der Waals surface area contributed by atoms with Crippen LogP contribution in [0.25, 0.3) is 0 Å². The van der Waals surface area contributed by atoms with Crippen LogP contribution in [0.2, 0.25) is 0 Å². The van der Waals surface area contributed by atoms with Gasteiger partial charge in [-0.2, -0.15) is 0 Å². The lowest BCUT2D eigenvalue weighted by Gasteiger charge is -2.50. The van der Waals surface area contributed by atoms with Crippen LogP contribution in [0.15, 0.2) is 52.4 Å². The number of benzene rings is 2. The van der Waals surface area contributed by atoms with Crippen molar-refractivity contribution in [3.63, 3.8) is 0 Å². The number of Topliss-reactive ketones (excluding diaryl/α,β-unsaturated/α-hetero) is 1. The standard InChI is InChI=1S/C38H48FN3O4/c1-26-5-13-34(43)33(42-37(44)36-40-19-15-31(41-36)4-2-3-27-8-11-30(39)12-9-27)16-20-46-35-14-10-28(23-32(26)35)6-7-29-24-38(25-29)17-21-45-22-18-38/h8-12,14,19,23,26,29,31,33H,2-7,13,15-18,20-22,24-25H2,1H3,(H,42,44)/t26?,31?,33-/m0/s1. The predicted octanol–water partition coefficient (Wildman–Crippen LogP) is 6.95. The average molecular weight is 630 g/mol. The van der Waals surface area contributed by atoms with Crippen LogP contribution in [0.1, 0.15) is 100 Å². The summed E-state index contributed by atoms with van der Waals surface area (Å²) in [6.45, 7) is 4.36. The molecule has 6 rings (SSSR count). The summed E-state index contributed by atoms with van der Waals surface area (Å²) in [7, 11) is 0. The first-order valence-corrected chi connectivity index (χ1v) is 17.4. The van der Waals surface area contributed by atoms with Crippen molar-refractivity contribution in [3.05, 3.63) is 65.0 Å². The molecule has 1 aliphatic carbocycles. The first kappa shape index (κ1) is 32.5. The molecule has 2 aromatic carbocycles. The summed E-state index contributed by atoms with van der Waals surface area (Å²) in [5.41, 5.74) is 4.16. The van der Waals surface area contributed by atoms with E-state index < -0.39 is 11.9 Å². The predicted molar refractivity (Wildman–Crippen MR) is 178 cm³/mol. The zero-order chi connectivity index (χ0) is 31.9. The van der Waals surface area contributed by atoms with Gasteiger partial charge in [-0.25, -0.2) is 9.38 Å². The number of ketones is 1. The zero-order valence-electron chi connectivity index (χ0n) is 27.1. The molecule has 8 heteroatoms. The lowest BCUT2D eigenvalue weighted by molar-refractivity contribution is -0.125. The van der Waals surface area contributed by atoms with Crippen molar-refractivity contribution in [1.82, 2.24) is 5.32 Å². The Bertz CT molecular complexity index is 1420. The highest BCUT2D eigenvalue weighted by molar-refractivity contribution is 6.40. The average Bonchev–Trinajstić information content (AvgIpc) is 3.06. The van der Waals surface area contributed by atoms with Crippen molar-refractivity contribution >= 4 is 23.7 Å². The monoisotopic (exact) mass is 629 g/mol. The minimum Gasteiger partial charge on any atom is -0.493 e. The molecule has 1 spiro atoms. The number of amides is 1. The molecule has 246 valence electrons. The second kappa shape index (κ2) is 15.0. The number of nitrogens with one attached hydrogen (secondary N) is 1. The molecule has 7 nitrogen and oxygen atoms in total. The molecule has 1 saturated heterocycles. The minimum absolute atomic E-state index is 0.0201. The highest BCUT2D eigenvalue weighted by Crippen LogP contribution is 2.53. The minimum atomic E-state index is -0.640. The third-order valence-corrected chi connectivity index (χ3v) is 10.6. The summed E-state index contributed by atoms with van der Waals surface area (Å²) in [6, 6.07) is 12.5. The maximum atomic E-state index is 13.3. The first-order valence-electron chi connectivity index (χ1n) is 17.4. The largest absolute Gasteiger partial charge is 0.493 e. The van der Waals surface area contributed by atoms with Crippen LogP contribution in [0.5, 0.6) is 5.75 Å². The van der Waals surface area contributed by atoms with E-state index in [2.05, 4.69) is 40.4 Å². The van der Waals surface area contributed by atoms with E-state index >= 15 is 0 Å². The van der Waals surface area contributed by atoms with Gasteiger partial charge in [0.1, 0.15) is 11.6 Å².